The number of carbonyl (C=O) groups excluding carboxylic acids is 1. The molecule has 0 aromatic heterocycles. The first kappa shape index (κ1) is 27.5. The van der Waals surface area contributed by atoms with Gasteiger partial charge < -0.3 is 29.6 Å². The highest BCUT2D eigenvalue weighted by Gasteiger charge is 2.30. The van der Waals surface area contributed by atoms with Crippen molar-refractivity contribution in [3.8, 4) is 0 Å². The summed E-state index contributed by atoms with van der Waals surface area (Å²) < 4.78 is 35.3. The number of nitrogens with one attached hydrogen (secondary N) is 2. The van der Waals surface area contributed by atoms with E-state index in [-0.39, 0.29) is 13.2 Å². The summed E-state index contributed by atoms with van der Waals surface area (Å²) in [4.78, 5) is 10.6. The van der Waals surface area contributed by atoms with E-state index in [9.17, 15) is 9.18 Å². The van der Waals surface area contributed by atoms with E-state index in [2.05, 4.69) is 10.6 Å². The summed E-state index contributed by atoms with van der Waals surface area (Å²) in [6.07, 6.45) is -1.36. The molecule has 0 aromatic carbocycles. The zero-order valence-corrected chi connectivity index (χ0v) is 16.9. The van der Waals surface area contributed by atoms with Crippen LogP contribution in [0, 0.1) is 0 Å². The summed E-state index contributed by atoms with van der Waals surface area (Å²) in [7, 11) is 6.77. The molecule has 2 N–H and O–H groups in total. The van der Waals surface area contributed by atoms with E-state index in [1.54, 1.807) is 13.8 Å². The predicted molar refractivity (Wildman–Crippen MR) is 102 cm³/mol. The first-order valence-corrected chi connectivity index (χ1v) is 9.09. The molecule has 0 spiro atoms. The highest BCUT2D eigenvalue weighted by atomic mass is 19.1. The molecule has 0 fully saturated rings. The van der Waals surface area contributed by atoms with Crippen LogP contribution in [0.4, 0.5) is 9.18 Å². The standard InChI is InChI=1S/C15H30BFN2O5.C2H6/c1-15(2,13(17)12-19-14(16)20)24-11-10-23-9-8-22-7-6-21-5-4-18-3;1-2/h13,18H,4-12H2,1-3H3,(H,19,20);1-2H3. The molecule has 154 valence electrons. The van der Waals surface area contributed by atoms with Crippen molar-refractivity contribution in [2.24, 2.45) is 0 Å². The van der Waals surface area contributed by atoms with Gasteiger partial charge in [0, 0.05) is 6.54 Å². The van der Waals surface area contributed by atoms with Gasteiger partial charge in [-0.2, -0.15) is 0 Å². The molecular weight excluding hydrogens is 342 g/mol. The number of carbonyl (C=O) groups is 1. The fourth-order valence-corrected chi connectivity index (χ4v) is 1.61. The van der Waals surface area contributed by atoms with Gasteiger partial charge in [-0.3, -0.25) is 4.79 Å². The molecule has 2 radical (unpaired) electrons. The lowest BCUT2D eigenvalue weighted by atomic mass is 10.0. The van der Waals surface area contributed by atoms with Crippen molar-refractivity contribution >= 4 is 13.7 Å². The zero-order chi connectivity index (χ0) is 20.3. The first-order valence-electron chi connectivity index (χ1n) is 9.09. The summed E-state index contributed by atoms with van der Waals surface area (Å²) in [5.74, 6) is -0.760. The first-order chi connectivity index (χ1) is 12.4. The molecule has 0 aliphatic rings. The van der Waals surface area contributed by atoms with E-state index in [1.165, 1.54) is 0 Å². The second-order valence-electron chi connectivity index (χ2n) is 5.61. The Kier molecular flexibility index (Phi) is 20.1. The van der Waals surface area contributed by atoms with E-state index in [4.69, 9.17) is 26.8 Å². The Balaban J connectivity index is 0. The molecule has 0 rings (SSSR count). The molecule has 7 nitrogen and oxygen atoms in total. The van der Waals surface area contributed by atoms with Crippen molar-refractivity contribution in [1.82, 2.24) is 10.6 Å². The Morgan fingerprint density at radius 2 is 1.46 bits per heavy atom. The molecule has 9 heteroatoms. The van der Waals surface area contributed by atoms with Gasteiger partial charge in [-0.25, -0.2) is 4.39 Å². The number of amides is 1. The van der Waals surface area contributed by atoms with Crippen LogP contribution >= 0.6 is 0 Å². The predicted octanol–water partition coefficient (Wildman–Crippen LogP) is 1.29. The van der Waals surface area contributed by atoms with E-state index < -0.39 is 17.6 Å². The minimum atomic E-state index is -1.36. The van der Waals surface area contributed by atoms with Crippen LogP contribution in [0.25, 0.3) is 0 Å². The third-order valence-corrected chi connectivity index (χ3v) is 3.15. The molecular formula is C17H36BFN2O5. The van der Waals surface area contributed by atoms with E-state index >= 15 is 0 Å². The number of hydrogen-bond donors (Lipinski definition) is 2. The van der Waals surface area contributed by atoms with Crippen LogP contribution in [0.15, 0.2) is 0 Å². The Labute approximate surface area is 159 Å². The van der Waals surface area contributed by atoms with E-state index in [0.717, 1.165) is 6.54 Å². The largest absolute Gasteiger partial charge is 0.378 e. The molecule has 0 aromatic rings. The SMILES string of the molecule is CC.[B]C(=O)NCC(F)C(C)(C)OCCOCCOCCOCCNC. The van der Waals surface area contributed by atoms with Gasteiger partial charge in [-0.05, 0) is 20.9 Å². The van der Waals surface area contributed by atoms with Crippen LogP contribution in [0.2, 0.25) is 0 Å². The molecule has 0 heterocycles. The molecule has 0 bridgehead atoms. The maximum atomic E-state index is 13.9. The molecule has 0 saturated heterocycles. The van der Waals surface area contributed by atoms with Crippen molar-refractivity contribution in [2.45, 2.75) is 39.5 Å². The number of likely N-dealkylation sites (N-methyl/N-ethyl adjacent to an activating group) is 1. The number of alkyl halides is 1. The number of halogens is 1. The fourth-order valence-electron chi connectivity index (χ4n) is 1.61. The number of hydrogen-bond acceptors (Lipinski definition) is 6. The van der Waals surface area contributed by atoms with Gasteiger partial charge in [0.15, 0.2) is 13.7 Å². The molecule has 0 saturated carbocycles. The Hall–Kier alpha value is -0.735. The summed E-state index contributed by atoms with van der Waals surface area (Å²) in [5.41, 5.74) is -1.03. The van der Waals surface area contributed by atoms with Gasteiger partial charge in [0.25, 0.3) is 0 Å². The van der Waals surface area contributed by atoms with Gasteiger partial charge in [0.05, 0.1) is 58.4 Å². The maximum absolute atomic E-state index is 13.9. The highest BCUT2D eigenvalue weighted by molar-refractivity contribution is 6.57. The van der Waals surface area contributed by atoms with Crippen molar-refractivity contribution in [3.63, 3.8) is 0 Å². The second kappa shape index (κ2) is 19.0. The van der Waals surface area contributed by atoms with Gasteiger partial charge in [0.2, 0.25) is 0 Å². The highest BCUT2D eigenvalue weighted by Crippen LogP contribution is 2.17. The second-order valence-corrected chi connectivity index (χ2v) is 5.61. The van der Waals surface area contributed by atoms with Gasteiger partial charge >= 0.3 is 0 Å². The Morgan fingerprint density at radius 3 is 1.92 bits per heavy atom. The fraction of sp³-hybridized carbons (Fsp3) is 0.941. The summed E-state index contributed by atoms with van der Waals surface area (Å²) in [6, 6.07) is 0. The van der Waals surface area contributed by atoms with Crippen LogP contribution in [-0.2, 0) is 18.9 Å². The average molecular weight is 378 g/mol. The molecule has 1 atom stereocenters. The lowest BCUT2D eigenvalue weighted by Crippen LogP contribution is -2.44. The van der Waals surface area contributed by atoms with Crippen molar-refractivity contribution in [1.29, 1.82) is 0 Å². The number of rotatable bonds is 16. The normalized spacial score (nSPS) is 12.2. The third-order valence-electron chi connectivity index (χ3n) is 3.15. The molecule has 0 aliphatic heterocycles. The lowest BCUT2D eigenvalue weighted by molar-refractivity contribution is -0.0893. The minimum absolute atomic E-state index is 0.187. The van der Waals surface area contributed by atoms with Crippen LogP contribution in [-0.4, -0.2) is 91.8 Å². The van der Waals surface area contributed by atoms with Crippen LogP contribution < -0.4 is 10.6 Å². The smallest absolute Gasteiger partial charge is 0.200 e. The molecule has 0 aliphatic carbocycles. The molecule has 26 heavy (non-hydrogen) atoms. The third kappa shape index (κ3) is 18.1. The quantitative estimate of drug-likeness (QED) is 0.311. The van der Waals surface area contributed by atoms with Gasteiger partial charge in [-0.1, -0.05) is 13.8 Å². The average Bonchev–Trinajstić information content (AvgIpc) is 2.62. The van der Waals surface area contributed by atoms with Gasteiger partial charge in [0.1, 0.15) is 6.17 Å². The minimum Gasteiger partial charge on any atom is -0.378 e. The van der Waals surface area contributed by atoms with Crippen LogP contribution in [0.3, 0.4) is 0 Å². The Morgan fingerprint density at radius 1 is 1.00 bits per heavy atom. The summed E-state index contributed by atoms with van der Waals surface area (Å²) in [6.45, 7) is 11.1. The van der Waals surface area contributed by atoms with Crippen molar-refractivity contribution in [2.75, 3.05) is 66.4 Å². The summed E-state index contributed by atoms with van der Waals surface area (Å²) >= 11 is 0. The summed E-state index contributed by atoms with van der Waals surface area (Å²) in [5, 5.41) is 5.20. The van der Waals surface area contributed by atoms with E-state index in [0.29, 0.717) is 39.6 Å². The van der Waals surface area contributed by atoms with Gasteiger partial charge in [-0.15, -0.1) is 0 Å². The van der Waals surface area contributed by atoms with Crippen LogP contribution in [0.1, 0.15) is 27.7 Å². The monoisotopic (exact) mass is 378 g/mol. The topological polar surface area (TPSA) is 78.1 Å². The zero-order valence-electron chi connectivity index (χ0n) is 16.9. The number of ether oxygens (including phenoxy) is 4. The molecule has 1 amide bonds. The molecule has 1 unspecified atom stereocenters. The van der Waals surface area contributed by atoms with Crippen molar-refractivity contribution in [3.05, 3.63) is 0 Å². The lowest BCUT2D eigenvalue weighted by Gasteiger charge is -2.29. The Bertz CT molecular complexity index is 326. The van der Waals surface area contributed by atoms with Crippen molar-refractivity contribution < 1.29 is 28.1 Å². The maximum Gasteiger partial charge on any atom is 0.200 e. The van der Waals surface area contributed by atoms with E-state index in [1.807, 2.05) is 20.9 Å². The van der Waals surface area contributed by atoms with Crippen LogP contribution in [0.5, 0.6) is 0 Å².